The van der Waals surface area contributed by atoms with Crippen LogP contribution in [0.4, 0.5) is 13.2 Å². The van der Waals surface area contributed by atoms with Crippen molar-refractivity contribution in [1.82, 2.24) is 5.06 Å². The molecule has 0 heterocycles. The van der Waals surface area contributed by atoms with Gasteiger partial charge in [0, 0.05) is 6.54 Å². The lowest BCUT2D eigenvalue weighted by Crippen LogP contribution is -2.43. The molecular weight excluding hydrogens is 199 g/mol. The average molecular weight is 211 g/mol. The van der Waals surface area contributed by atoms with Crippen LogP contribution < -0.4 is 0 Å². The van der Waals surface area contributed by atoms with Gasteiger partial charge in [-0.2, -0.15) is 13.2 Å². The van der Waals surface area contributed by atoms with Crippen LogP contribution in [0.1, 0.15) is 19.8 Å². The Morgan fingerprint density at radius 3 is 2.21 bits per heavy atom. The van der Waals surface area contributed by atoms with Crippen LogP contribution in [-0.4, -0.2) is 30.8 Å². The van der Waals surface area contributed by atoms with Gasteiger partial charge in [-0.05, 0) is 19.8 Å². The summed E-state index contributed by atoms with van der Waals surface area (Å²) in [6.07, 6.45) is -4.72. The van der Waals surface area contributed by atoms with Gasteiger partial charge in [0.1, 0.15) is 5.41 Å². The van der Waals surface area contributed by atoms with E-state index in [0.717, 1.165) is 5.06 Å². The maximum Gasteiger partial charge on any atom is 0.403 e. The standard InChI is InChI=1S/C8H12F3NO2/c1-3-12(14-2)6(13)7(4-5-7)8(9,10)11/h3-5H2,1-2H3. The van der Waals surface area contributed by atoms with E-state index in [1.54, 1.807) is 6.92 Å². The molecule has 0 aromatic carbocycles. The molecule has 0 bridgehead atoms. The molecule has 1 rings (SSSR count). The van der Waals surface area contributed by atoms with E-state index >= 15 is 0 Å². The van der Waals surface area contributed by atoms with Crippen molar-refractivity contribution in [3.05, 3.63) is 0 Å². The molecular formula is C8H12F3NO2. The minimum absolute atomic E-state index is 0.118. The molecule has 1 aliphatic carbocycles. The predicted octanol–water partition coefficient (Wildman–Crippen LogP) is 1.74. The average Bonchev–Trinajstić information content (AvgIpc) is 2.84. The molecule has 1 amide bonds. The van der Waals surface area contributed by atoms with E-state index in [1.165, 1.54) is 7.11 Å². The number of hydroxylamine groups is 2. The second kappa shape index (κ2) is 3.42. The van der Waals surface area contributed by atoms with Crippen molar-refractivity contribution in [2.45, 2.75) is 25.9 Å². The highest BCUT2D eigenvalue weighted by Gasteiger charge is 2.69. The lowest BCUT2D eigenvalue weighted by atomic mass is 10.1. The SMILES string of the molecule is CCN(OC)C(=O)C1(C(F)(F)F)CC1. The summed E-state index contributed by atoms with van der Waals surface area (Å²) in [7, 11) is 1.19. The van der Waals surface area contributed by atoms with Crippen LogP contribution in [0, 0.1) is 5.41 Å². The van der Waals surface area contributed by atoms with Crippen molar-refractivity contribution < 1.29 is 22.8 Å². The topological polar surface area (TPSA) is 29.5 Å². The number of carbonyl (C=O) groups excluding carboxylic acids is 1. The first-order valence-electron chi connectivity index (χ1n) is 4.32. The molecule has 6 heteroatoms. The third kappa shape index (κ3) is 1.58. The summed E-state index contributed by atoms with van der Waals surface area (Å²) in [4.78, 5) is 16.0. The van der Waals surface area contributed by atoms with Gasteiger partial charge in [0.2, 0.25) is 0 Å². The monoisotopic (exact) mass is 211 g/mol. The Kier molecular flexibility index (Phi) is 2.76. The lowest BCUT2D eigenvalue weighted by Gasteiger charge is -2.25. The Morgan fingerprint density at radius 2 is 2.00 bits per heavy atom. The largest absolute Gasteiger partial charge is 0.403 e. The molecule has 1 saturated carbocycles. The number of nitrogens with zero attached hydrogens (tertiary/aromatic N) is 1. The molecule has 0 unspecified atom stereocenters. The Morgan fingerprint density at radius 1 is 1.50 bits per heavy atom. The van der Waals surface area contributed by atoms with Crippen LogP contribution in [0.2, 0.25) is 0 Å². The number of amides is 1. The minimum atomic E-state index is -4.46. The van der Waals surface area contributed by atoms with E-state index < -0.39 is 17.5 Å². The van der Waals surface area contributed by atoms with Crippen molar-refractivity contribution in [2.24, 2.45) is 5.41 Å². The third-order valence-corrected chi connectivity index (χ3v) is 2.44. The summed E-state index contributed by atoms with van der Waals surface area (Å²) < 4.78 is 37.4. The first kappa shape index (κ1) is 11.3. The second-order valence-corrected chi connectivity index (χ2v) is 3.26. The van der Waals surface area contributed by atoms with E-state index in [1.807, 2.05) is 0 Å². The normalized spacial score (nSPS) is 19.2. The lowest BCUT2D eigenvalue weighted by molar-refractivity contribution is -0.221. The summed E-state index contributed by atoms with van der Waals surface area (Å²) in [5.74, 6) is -0.977. The van der Waals surface area contributed by atoms with Crippen molar-refractivity contribution in [3.63, 3.8) is 0 Å². The molecule has 1 aliphatic rings. The van der Waals surface area contributed by atoms with E-state index in [0.29, 0.717) is 0 Å². The highest BCUT2D eigenvalue weighted by molar-refractivity contribution is 5.85. The highest BCUT2D eigenvalue weighted by atomic mass is 19.4. The van der Waals surface area contributed by atoms with Crippen molar-refractivity contribution in [1.29, 1.82) is 0 Å². The van der Waals surface area contributed by atoms with Gasteiger partial charge in [-0.15, -0.1) is 0 Å². The molecule has 3 nitrogen and oxygen atoms in total. The molecule has 14 heavy (non-hydrogen) atoms. The Hall–Kier alpha value is -0.780. The fraction of sp³-hybridized carbons (Fsp3) is 0.875. The fourth-order valence-corrected chi connectivity index (χ4v) is 1.34. The van der Waals surface area contributed by atoms with Gasteiger partial charge in [-0.1, -0.05) is 0 Å². The molecule has 1 fully saturated rings. The van der Waals surface area contributed by atoms with Crippen LogP contribution in [0.15, 0.2) is 0 Å². The number of hydrogen-bond acceptors (Lipinski definition) is 2. The number of alkyl halides is 3. The minimum Gasteiger partial charge on any atom is -0.274 e. The first-order valence-corrected chi connectivity index (χ1v) is 4.32. The molecule has 0 radical (unpaired) electrons. The zero-order chi connectivity index (χ0) is 11.0. The Balaban J connectivity index is 2.79. The van der Waals surface area contributed by atoms with Crippen LogP contribution in [0.5, 0.6) is 0 Å². The van der Waals surface area contributed by atoms with E-state index in [-0.39, 0.29) is 19.4 Å². The zero-order valence-electron chi connectivity index (χ0n) is 8.02. The Labute approximate surface area is 79.8 Å². The van der Waals surface area contributed by atoms with Gasteiger partial charge >= 0.3 is 6.18 Å². The van der Waals surface area contributed by atoms with Crippen LogP contribution >= 0.6 is 0 Å². The highest BCUT2D eigenvalue weighted by Crippen LogP contribution is 2.58. The van der Waals surface area contributed by atoms with Crippen LogP contribution in [0.3, 0.4) is 0 Å². The summed E-state index contributed by atoms with van der Waals surface area (Å²) >= 11 is 0. The number of halogens is 3. The summed E-state index contributed by atoms with van der Waals surface area (Å²) in [6.45, 7) is 1.68. The third-order valence-electron chi connectivity index (χ3n) is 2.44. The quantitative estimate of drug-likeness (QED) is 0.665. The predicted molar refractivity (Wildman–Crippen MR) is 42.1 cm³/mol. The van der Waals surface area contributed by atoms with Gasteiger partial charge in [0.25, 0.3) is 5.91 Å². The molecule has 0 N–H and O–H groups in total. The van der Waals surface area contributed by atoms with Crippen molar-refractivity contribution in [3.8, 4) is 0 Å². The fourth-order valence-electron chi connectivity index (χ4n) is 1.34. The molecule has 0 saturated heterocycles. The van der Waals surface area contributed by atoms with E-state index in [9.17, 15) is 18.0 Å². The van der Waals surface area contributed by atoms with Gasteiger partial charge in [0.15, 0.2) is 0 Å². The number of hydrogen-bond donors (Lipinski definition) is 0. The maximum absolute atomic E-state index is 12.5. The smallest absolute Gasteiger partial charge is 0.274 e. The number of carbonyl (C=O) groups is 1. The summed E-state index contributed by atoms with van der Waals surface area (Å²) in [5, 5.41) is 0.750. The second-order valence-electron chi connectivity index (χ2n) is 3.26. The molecule has 82 valence electrons. The van der Waals surface area contributed by atoms with Crippen LogP contribution in [0.25, 0.3) is 0 Å². The maximum atomic E-state index is 12.5. The molecule has 0 aromatic heterocycles. The summed E-state index contributed by atoms with van der Waals surface area (Å²) in [6, 6.07) is 0. The van der Waals surface area contributed by atoms with Gasteiger partial charge in [-0.3, -0.25) is 9.63 Å². The van der Waals surface area contributed by atoms with E-state index in [4.69, 9.17) is 0 Å². The molecule has 0 aromatic rings. The molecule has 0 aliphatic heterocycles. The first-order chi connectivity index (χ1) is 6.39. The summed E-state index contributed by atoms with van der Waals surface area (Å²) in [5.41, 5.74) is -2.17. The number of rotatable bonds is 3. The van der Waals surface area contributed by atoms with E-state index in [2.05, 4.69) is 4.84 Å². The van der Waals surface area contributed by atoms with Crippen LogP contribution in [-0.2, 0) is 9.63 Å². The van der Waals surface area contributed by atoms with Crippen molar-refractivity contribution in [2.75, 3.05) is 13.7 Å². The molecule has 0 spiro atoms. The van der Waals surface area contributed by atoms with Gasteiger partial charge < -0.3 is 0 Å². The Bertz CT molecular complexity index is 231. The van der Waals surface area contributed by atoms with Gasteiger partial charge in [-0.25, -0.2) is 5.06 Å². The van der Waals surface area contributed by atoms with Gasteiger partial charge in [0.05, 0.1) is 7.11 Å². The zero-order valence-corrected chi connectivity index (χ0v) is 8.02. The van der Waals surface area contributed by atoms with Crippen molar-refractivity contribution >= 4 is 5.91 Å². The molecule has 0 atom stereocenters.